The molecule has 0 aliphatic carbocycles. The summed E-state index contributed by atoms with van der Waals surface area (Å²) >= 11 is 0. The zero-order chi connectivity index (χ0) is 22.5. The molecule has 0 aliphatic rings. The molecule has 0 heterocycles. The Labute approximate surface area is 176 Å². The van der Waals surface area contributed by atoms with Crippen LogP contribution in [0.2, 0.25) is 0 Å². The first kappa shape index (κ1) is 25.0. The fourth-order valence-corrected chi connectivity index (χ4v) is 2.64. The molecule has 0 saturated carbocycles. The van der Waals surface area contributed by atoms with Crippen LogP contribution in [0, 0.1) is 10.1 Å². The Kier molecular flexibility index (Phi) is 11.0. The van der Waals surface area contributed by atoms with Gasteiger partial charge in [-0.3, -0.25) is 14.9 Å². The minimum absolute atomic E-state index is 0.0586. The first-order valence-corrected chi connectivity index (χ1v) is 10.0. The topological polar surface area (TPSA) is 129 Å². The monoisotopic (exact) mass is 425 g/mol. The molecule has 0 bridgehead atoms. The maximum atomic E-state index is 11.7. The fraction of sp³-hybridized carbons (Fsp3) is 0.600. The van der Waals surface area contributed by atoms with Crippen molar-refractivity contribution < 1.29 is 28.7 Å². The second-order valence-corrected chi connectivity index (χ2v) is 6.55. The van der Waals surface area contributed by atoms with Crippen LogP contribution < -0.4 is 20.1 Å². The van der Waals surface area contributed by atoms with Crippen LogP contribution in [-0.2, 0) is 9.53 Å². The van der Waals surface area contributed by atoms with Gasteiger partial charge >= 0.3 is 6.09 Å². The van der Waals surface area contributed by atoms with Gasteiger partial charge in [-0.25, -0.2) is 4.79 Å². The lowest BCUT2D eigenvalue weighted by Crippen LogP contribution is -2.25. The van der Waals surface area contributed by atoms with Gasteiger partial charge in [-0.2, -0.15) is 0 Å². The first-order chi connectivity index (χ1) is 14.3. The summed E-state index contributed by atoms with van der Waals surface area (Å²) in [4.78, 5) is 34.3. The number of nitro benzene ring substituents is 1. The zero-order valence-electron chi connectivity index (χ0n) is 18.0. The third kappa shape index (κ3) is 8.14. The molecule has 1 rings (SSSR count). The lowest BCUT2D eigenvalue weighted by molar-refractivity contribution is -0.386. The van der Waals surface area contributed by atoms with Gasteiger partial charge in [-0.15, -0.1) is 0 Å². The van der Waals surface area contributed by atoms with Gasteiger partial charge in [0.25, 0.3) is 5.69 Å². The van der Waals surface area contributed by atoms with Crippen molar-refractivity contribution >= 4 is 17.7 Å². The molecule has 0 spiro atoms. The summed E-state index contributed by atoms with van der Waals surface area (Å²) in [7, 11) is 1.41. The number of alkyl carbamates (subject to hydrolysis) is 1. The highest BCUT2D eigenvalue weighted by atomic mass is 16.6. The van der Waals surface area contributed by atoms with E-state index in [4.69, 9.17) is 14.2 Å². The fourth-order valence-electron chi connectivity index (χ4n) is 2.64. The average molecular weight is 425 g/mol. The smallest absolute Gasteiger partial charge is 0.407 e. The number of carbonyl (C=O) groups excluding carboxylic acids is 2. The highest BCUT2D eigenvalue weighted by Crippen LogP contribution is 2.38. The Morgan fingerprint density at radius 3 is 2.50 bits per heavy atom. The van der Waals surface area contributed by atoms with E-state index in [2.05, 4.69) is 10.6 Å². The van der Waals surface area contributed by atoms with Gasteiger partial charge in [-0.1, -0.05) is 13.3 Å². The van der Waals surface area contributed by atoms with Gasteiger partial charge < -0.3 is 24.8 Å². The van der Waals surface area contributed by atoms with E-state index >= 15 is 0 Å². The standard InChI is InChI=1S/C20H31N3O7/c1-5-7-10-22-19(24)9-8-11-29-18-13-16(23(26)27)15(12-17(18)28-4)14(3)30-20(25)21-6-2/h12-14H,5-11H2,1-4H3,(H,21,25)(H,22,24). The number of methoxy groups -OCH3 is 1. The summed E-state index contributed by atoms with van der Waals surface area (Å²) in [6.07, 6.45) is 1.14. The minimum atomic E-state index is -0.869. The molecule has 30 heavy (non-hydrogen) atoms. The highest BCUT2D eigenvalue weighted by Gasteiger charge is 2.26. The molecule has 1 aromatic carbocycles. The van der Waals surface area contributed by atoms with Crippen molar-refractivity contribution in [1.29, 1.82) is 0 Å². The SMILES string of the molecule is CCCCNC(=O)CCCOc1cc([N+](=O)[O-])c(C(C)OC(=O)NCC)cc1OC. The predicted octanol–water partition coefficient (Wildman–Crippen LogP) is 3.49. The van der Waals surface area contributed by atoms with E-state index in [1.807, 2.05) is 6.92 Å². The molecule has 2 N–H and O–H groups in total. The van der Waals surface area contributed by atoms with Crippen LogP contribution in [0.1, 0.15) is 58.1 Å². The Morgan fingerprint density at radius 1 is 1.17 bits per heavy atom. The summed E-state index contributed by atoms with van der Waals surface area (Å²) in [5.41, 5.74) is -0.0642. The van der Waals surface area contributed by atoms with Gasteiger partial charge in [0.15, 0.2) is 11.5 Å². The summed E-state index contributed by atoms with van der Waals surface area (Å²) in [6, 6.07) is 2.67. The third-order valence-corrected chi connectivity index (χ3v) is 4.21. The number of nitrogens with zero attached hydrogens (tertiary/aromatic N) is 1. The number of hydrogen-bond acceptors (Lipinski definition) is 7. The molecule has 0 saturated heterocycles. The number of ether oxygens (including phenoxy) is 3. The Balaban J connectivity index is 2.83. The maximum absolute atomic E-state index is 11.7. The van der Waals surface area contributed by atoms with Crippen molar-refractivity contribution in [1.82, 2.24) is 10.6 Å². The number of unbranched alkanes of at least 4 members (excludes halogenated alkanes) is 1. The van der Waals surface area contributed by atoms with Crippen LogP contribution in [0.25, 0.3) is 0 Å². The van der Waals surface area contributed by atoms with E-state index in [9.17, 15) is 19.7 Å². The number of amides is 2. The van der Waals surface area contributed by atoms with E-state index in [1.165, 1.54) is 26.2 Å². The summed E-state index contributed by atoms with van der Waals surface area (Å²) in [5, 5.41) is 16.8. The first-order valence-electron chi connectivity index (χ1n) is 10.0. The van der Waals surface area contributed by atoms with Crippen LogP contribution in [0.3, 0.4) is 0 Å². The molecule has 1 aromatic rings. The summed E-state index contributed by atoms with van der Waals surface area (Å²) in [6.45, 7) is 6.53. The molecule has 10 heteroatoms. The number of rotatable bonds is 13. The Hall–Kier alpha value is -3.04. The lowest BCUT2D eigenvalue weighted by Gasteiger charge is -2.17. The molecule has 10 nitrogen and oxygen atoms in total. The molecule has 168 valence electrons. The number of carbonyl (C=O) groups is 2. The van der Waals surface area contributed by atoms with Gasteiger partial charge in [0, 0.05) is 19.5 Å². The molecular formula is C20H31N3O7. The second-order valence-electron chi connectivity index (χ2n) is 6.55. The van der Waals surface area contributed by atoms with Crippen molar-refractivity contribution in [3.05, 3.63) is 27.8 Å². The second kappa shape index (κ2) is 13.2. The van der Waals surface area contributed by atoms with E-state index < -0.39 is 17.1 Å². The Bertz CT molecular complexity index is 725. The van der Waals surface area contributed by atoms with Crippen LogP contribution in [0.5, 0.6) is 11.5 Å². The van der Waals surface area contributed by atoms with Gasteiger partial charge in [-0.05, 0) is 32.8 Å². The zero-order valence-corrected chi connectivity index (χ0v) is 18.0. The van der Waals surface area contributed by atoms with Crippen molar-refractivity contribution in [3.8, 4) is 11.5 Å². The molecule has 0 aromatic heterocycles. The molecule has 1 atom stereocenters. The molecule has 0 aliphatic heterocycles. The van der Waals surface area contributed by atoms with Gasteiger partial charge in [0.2, 0.25) is 5.91 Å². The van der Waals surface area contributed by atoms with Crippen LogP contribution in [0.4, 0.5) is 10.5 Å². The highest BCUT2D eigenvalue weighted by molar-refractivity contribution is 5.75. The maximum Gasteiger partial charge on any atom is 0.407 e. The Morgan fingerprint density at radius 2 is 1.90 bits per heavy atom. The van der Waals surface area contributed by atoms with Gasteiger partial charge in [0.05, 0.1) is 30.3 Å². The summed E-state index contributed by atoms with van der Waals surface area (Å²) in [5.74, 6) is 0.399. The number of benzene rings is 1. The van der Waals surface area contributed by atoms with E-state index in [0.29, 0.717) is 25.9 Å². The van der Waals surface area contributed by atoms with Crippen molar-refractivity contribution in [2.75, 3.05) is 26.8 Å². The summed E-state index contributed by atoms with van der Waals surface area (Å²) < 4.78 is 16.1. The van der Waals surface area contributed by atoms with E-state index in [-0.39, 0.29) is 35.3 Å². The molecule has 0 radical (unpaired) electrons. The normalized spacial score (nSPS) is 11.3. The quantitative estimate of drug-likeness (QED) is 0.281. The number of nitro groups is 1. The lowest BCUT2D eigenvalue weighted by atomic mass is 10.1. The molecule has 2 amide bonds. The van der Waals surface area contributed by atoms with E-state index in [0.717, 1.165) is 12.8 Å². The van der Waals surface area contributed by atoms with Crippen molar-refractivity contribution in [2.24, 2.45) is 0 Å². The largest absolute Gasteiger partial charge is 0.493 e. The number of hydrogen-bond donors (Lipinski definition) is 2. The third-order valence-electron chi connectivity index (χ3n) is 4.21. The molecule has 1 unspecified atom stereocenters. The van der Waals surface area contributed by atoms with Crippen LogP contribution in [0.15, 0.2) is 12.1 Å². The molecular weight excluding hydrogens is 394 g/mol. The van der Waals surface area contributed by atoms with E-state index in [1.54, 1.807) is 6.92 Å². The van der Waals surface area contributed by atoms with Gasteiger partial charge in [0.1, 0.15) is 6.10 Å². The van der Waals surface area contributed by atoms with Crippen molar-refractivity contribution in [2.45, 2.75) is 52.6 Å². The number of nitrogens with one attached hydrogen (secondary N) is 2. The predicted molar refractivity (Wildman–Crippen MR) is 111 cm³/mol. The average Bonchev–Trinajstić information content (AvgIpc) is 2.70. The minimum Gasteiger partial charge on any atom is -0.493 e. The van der Waals surface area contributed by atoms with Crippen LogP contribution in [-0.4, -0.2) is 43.7 Å². The van der Waals surface area contributed by atoms with Crippen molar-refractivity contribution in [3.63, 3.8) is 0 Å². The molecule has 0 fully saturated rings. The van der Waals surface area contributed by atoms with Crippen LogP contribution >= 0.6 is 0 Å².